The van der Waals surface area contributed by atoms with E-state index < -0.39 is 132 Å². The van der Waals surface area contributed by atoms with E-state index >= 15 is 0 Å². The third-order valence-electron chi connectivity index (χ3n) is 15.5. The number of nitrogens with zero attached hydrogens (tertiary/aromatic N) is 2. The molecule has 0 aromatic heterocycles. The minimum absolute atomic E-state index is 0.00626. The molecular formula is C58H80N2O16. The molecule has 0 spiro atoms. The van der Waals surface area contributed by atoms with Crippen LogP contribution in [0.4, 0.5) is 0 Å². The molecule has 18 heteroatoms. The molecule has 0 radical (unpaired) electrons. The second-order valence-electron chi connectivity index (χ2n) is 21.8. The van der Waals surface area contributed by atoms with E-state index in [-0.39, 0.29) is 30.5 Å². The van der Waals surface area contributed by atoms with Crippen LogP contribution in [0.2, 0.25) is 0 Å². The van der Waals surface area contributed by atoms with Gasteiger partial charge in [0, 0.05) is 31.3 Å². The Balaban J connectivity index is 1.47. The zero-order valence-corrected chi connectivity index (χ0v) is 46.2. The van der Waals surface area contributed by atoms with Crippen LogP contribution in [0.25, 0.3) is 0 Å². The first kappa shape index (κ1) is 60.1. The standard InChI is InChI=1S/C58H80N2O16/c1-14-43-58(10,67)48(61)35(4)45(59-76-54(65)41-28-22-17-23-29-41)33(2)31-56(8,66)49(75-55-47(42(60(11)12)30-34(3)69-55)73-52(63)39-24-18-15-19-25-39)36(5)46(37(6)51(62)71-43)72-44-32-57(9,68-13)50(38(7)70-44)74-53(64)40-26-20-16-21-27-40/h15-29,33-38,42-44,46-50,55,61,66-67H,14,30-32H2,1-13H3/b59-45+/t33-,34+,35-,36-,37+,38-,42-,43+,44-,46?,47+,48+,49+,50-,55?,56-,57+,58+/m0/s1. The van der Waals surface area contributed by atoms with E-state index in [1.807, 2.05) is 25.9 Å². The maximum atomic E-state index is 14.8. The molecule has 0 bridgehead atoms. The van der Waals surface area contributed by atoms with Gasteiger partial charge in [0.05, 0.1) is 70.5 Å². The summed E-state index contributed by atoms with van der Waals surface area (Å²) in [5.41, 5.74) is -4.32. The monoisotopic (exact) mass is 1060 g/mol. The average molecular weight is 1060 g/mol. The summed E-state index contributed by atoms with van der Waals surface area (Å²) >= 11 is 0. The molecule has 3 N–H and O–H groups in total. The van der Waals surface area contributed by atoms with E-state index in [0.29, 0.717) is 17.5 Å². The summed E-state index contributed by atoms with van der Waals surface area (Å²) in [6, 6.07) is 24.8. The minimum atomic E-state index is -2.10. The van der Waals surface area contributed by atoms with E-state index in [2.05, 4.69) is 5.16 Å². The Labute approximate surface area is 447 Å². The summed E-state index contributed by atoms with van der Waals surface area (Å²) in [4.78, 5) is 63.1. The fourth-order valence-electron chi connectivity index (χ4n) is 11.2. The summed E-state index contributed by atoms with van der Waals surface area (Å²) in [5, 5.41) is 42.1. The fourth-order valence-corrected chi connectivity index (χ4v) is 11.2. The predicted octanol–water partition coefficient (Wildman–Crippen LogP) is 7.16. The molecule has 418 valence electrons. The Morgan fingerprint density at radius 3 is 1.79 bits per heavy atom. The number of carbonyl (C=O) groups is 4. The molecule has 6 rings (SSSR count). The van der Waals surface area contributed by atoms with E-state index in [0.717, 1.165) is 0 Å². The van der Waals surface area contributed by atoms with E-state index in [9.17, 15) is 34.5 Å². The van der Waals surface area contributed by atoms with Crippen LogP contribution in [0.15, 0.2) is 96.2 Å². The van der Waals surface area contributed by atoms with Crippen LogP contribution >= 0.6 is 0 Å². The largest absolute Gasteiger partial charge is 0.459 e. The number of ether oxygens (including phenoxy) is 8. The van der Waals surface area contributed by atoms with Crippen LogP contribution in [-0.4, -0.2) is 155 Å². The number of cyclic esters (lactones) is 1. The number of likely N-dealkylation sites (N-methyl/N-ethyl adjacent to an activating group) is 1. The summed E-state index contributed by atoms with van der Waals surface area (Å²) < 4.78 is 51.9. The number of aliphatic hydroxyl groups excluding tert-OH is 1. The second kappa shape index (κ2) is 25.5. The van der Waals surface area contributed by atoms with Crippen molar-refractivity contribution in [1.82, 2.24) is 4.90 Å². The first-order valence-corrected chi connectivity index (χ1v) is 26.4. The zero-order chi connectivity index (χ0) is 55.9. The molecule has 18 nitrogen and oxygen atoms in total. The number of hydrogen-bond acceptors (Lipinski definition) is 18. The number of esters is 3. The van der Waals surface area contributed by atoms with Crippen LogP contribution in [-0.2, 0) is 47.5 Å². The van der Waals surface area contributed by atoms with Gasteiger partial charge in [0.2, 0.25) is 0 Å². The van der Waals surface area contributed by atoms with Gasteiger partial charge in [0.25, 0.3) is 0 Å². The van der Waals surface area contributed by atoms with Gasteiger partial charge in [-0.05, 0) is 111 Å². The topological polar surface area (TPSA) is 228 Å². The highest BCUT2D eigenvalue weighted by Crippen LogP contribution is 2.42. The van der Waals surface area contributed by atoms with Gasteiger partial charge in [0.15, 0.2) is 24.8 Å². The molecular weight excluding hydrogens is 981 g/mol. The van der Waals surface area contributed by atoms with Gasteiger partial charge >= 0.3 is 23.9 Å². The van der Waals surface area contributed by atoms with E-state index in [1.165, 1.54) is 14.0 Å². The van der Waals surface area contributed by atoms with E-state index in [4.69, 9.17) is 42.7 Å². The fraction of sp³-hybridized carbons (Fsp3) is 0.603. The number of rotatable bonds is 13. The van der Waals surface area contributed by atoms with Crippen molar-refractivity contribution in [2.24, 2.45) is 28.8 Å². The molecule has 3 heterocycles. The van der Waals surface area contributed by atoms with E-state index in [1.54, 1.807) is 146 Å². The van der Waals surface area contributed by atoms with Gasteiger partial charge in [-0.3, -0.25) is 4.79 Å². The number of methoxy groups -OCH3 is 1. The predicted molar refractivity (Wildman–Crippen MR) is 280 cm³/mol. The maximum absolute atomic E-state index is 14.8. The van der Waals surface area contributed by atoms with Crippen molar-refractivity contribution in [2.75, 3.05) is 21.2 Å². The lowest BCUT2D eigenvalue weighted by Crippen LogP contribution is -2.62. The highest BCUT2D eigenvalue weighted by molar-refractivity contribution is 5.92. The van der Waals surface area contributed by atoms with Crippen molar-refractivity contribution in [3.8, 4) is 0 Å². The Bertz CT molecular complexity index is 2420. The molecule has 3 saturated heterocycles. The molecule has 0 aliphatic carbocycles. The molecule has 2 unspecified atom stereocenters. The van der Waals surface area contributed by atoms with Crippen molar-refractivity contribution in [3.63, 3.8) is 0 Å². The normalized spacial score (nSPS) is 37.4. The van der Waals surface area contributed by atoms with Crippen molar-refractivity contribution < 1.29 is 77.2 Å². The van der Waals surface area contributed by atoms with Gasteiger partial charge in [-0.1, -0.05) is 87.4 Å². The van der Waals surface area contributed by atoms with Gasteiger partial charge in [0.1, 0.15) is 17.3 Å². The number of carbonyl (C=O) groups excluding carboxylic acids is 4. The van der Waals surface area contributed by atoms with Crippen LogP contribution in [0, 0.1) is 23.7 Å². The first-order chi connectivity index (χ1) is 35.8. The second-order valence-corrected chi connectivity index (χ2v) is 21.8. The zero-order valence-electron chi connectivity index (χ0n) is 46.2. The summed E-state index contributed by atoms with van der Waals surface area (Å²) in [7, 11) is 5.21. The SMILES string of the molecule is CC[C@H]1OC(=O)[C@H](C)C(O[C@H]2C[C@@](C)(OC)[C@@H](OC(=O)c3ccccc3)[C@H](C)O2)[C@H](C)[C@@H](OC2O[C@H](C)C[C@H](N(C)C)[C@H]2OC(=O)c2ccccc2)[C@@](C)(O)C[C@H](C)/C(=N\OC(=O)c2ccccc2)[C@H](C)[C@@H](O)[C@]1(C)O. The number of hydrogen-bond donors (Lipinski definition) is 3. The molecule has 3 aliphatic rings. The summed E-state index contributed by atoms with van der Waals surface area (Å²) in [5.74, 6) is -6.90. The van der Waals surface area contributed by atoms with Crippen molar-refractivity contribution in [3.05, 3.63) is 108 Å². The Hall–Kier alpha value is -5.15. The van der Waals surface area contributed by atoms with Crippen LogP contribution in [0.1, 0.15) is 126 Å². The number of aliphatic hydroxyl groups is 3. The lowest BCUT2D eigenvalue weighted by atomic mass is 9.73. The van der Waals surface area contributed by atoms with Gasteiger partial charge in [-0.25, -0.2) is 14.4 Å². The van der Waals surface area contributed by atoms with Crippen molar-refractivity contribution >= 4 is 29.6 Å². The van der Waals surface area contributed by atoms with Crippen LogP contribution < -0.4 is 0 Å². The number of oxime groups is 1. The Morgan fingerprint density at radius 1 is 0.724 bits per heavy atom. The molecule has 0 saturated carbocycles. The van der Waals surface area contributed by atoms with Crippen LogP contribution in [0.3, 0.4) is 0 Å². The molecule has 3 aliphatic heterocycles. The summed E-state index contributed by atoms with van der Waals surface area (Å²) in [6.07, 6.45) is -10.9. The molecule has 76 heavy (non-hydrogen) atoms. The molecule has 0 amide bonds. The van der Waals surface area contributed by atoms with Crippen molar-refractivity contribution in [2.45, 2.75) is 179 Å². The average Bonchev–Trinajstić information content (AvgIpc) is 3.39. The maximum Gasteiger partial charge on any atom is 0.365 e. The molecule has 3 aromatic carbocycles. The highest BCUT2D eigenvalue weighted by atomic mass is 16.7. The summed E-state index contributed by atoms with van der Waals surface area (Å²) in [6.45, 7) is 16.6. The highest BCUT2D eigenvalue weighted by Gasteiger charge is 2.55. The molecule has 18 atom stereocenters. The Morgan fingerprint density at radius 2 is 1.26 bits per heavy atom. The van der Waals surface area contributed by atoms with Gasteiger partial charge < -0.3 is 63.0 Å². The quantitative estimate of drug-likeness (QED) is 0.0668. The first-order valence-electron chi connectivity index (χ1n) is 26.4. The van der Waals surface area contributed by atoms with Crippen LogP contribution in [0.5, 0.6) is 0 Å². The lowest BCUT2D eigenvalue weighted by Gasteiger charge is -2.49. The molecule has 3 aromatic rings. The van der Waals surface area contributed by atoms with Gasteiger partial charge in [-0.15, -0.1) is 0 Å². The van der Waals surface area contributed by atoms with Crippen molar-refractivity contribution in [1.29, 1.82) is 0 Å². The smallest absolute Gasteiger partial charge is 0.365 e. The molecule has 3 fully saturated rings. The number of benzene rings is 3. The third kappa shape index (κ3) is 13.9. The third-order valence-corrected chi connectivity index (χ3v) is 15.5. The lowest BCUT2D eigenvalue weighted by molar-refractivity contribution is -0.317. The Kier molecular flexibility index (Phi) is 20.2. The van der Waals surface area contributed by atoms with Gasteiger partial charge in [-0.2, -0.15) is 0 Å². The minimum Gasteiger partial charge on any atom is -0.459 e.